The Kier molecular flexibility index (Phi) is 27.4. The van der Waals surface area contributed by atoms with E-state index in [0.717, 1.165) is 46.1 Å². The lowest BCUT2D eigenvalue weighted by atomic mass is 9.83. The van der Waals surface area contributed by atoms with Crippen molar-refractivity contribution in [3.05, 3.63) is 83.7 Å². The molecule has 1 aliphatic rings. The van der Waals surface area contributed by atoms with Crippen LogP contribution >= 0.6 is 23.5 Å². The normalized spacial score (nSPS) is 14.9. The van der Waals surface area contributed by atoms with Crippen LogP contribution in [0.15, 0.2) is 60.8 Å². The molecule has 76 heavy (non-hydrogen) atoms. The fraction of sp³-hybridized carbons (Fsp3) is 0.558. The molecule has 4 rings (SSSR count). The summed E-state index contributed by atoms with van der Waals surface area (Å²) in [6, 6.07) is 11.9. The summed E-state index contributed by atoms with van der Waals surface area (Å²) >= 11 is 2.26. The maximum Gasteiger partial charge on any atom is 0.326 e. The maximum absolute atomic E-state index is 15.2. The summed E-state index contributed by atoms with van der Waals surface area (Å²) in [6.07, 6.45) is 2.10. The van der Waals surface area contributed by atoms with Crippen LogP contribution in [0.2, 0.25) is 0 Å². The molecule has 0 aliphatic carbocycles. The lowest BCUT2D eigenvalue weighted by Gasteiger charge is -2.41. The van der Waals surface area contributed by atoms with Gasteiger partial charge in [0.05, 0.1) is 69.9 Å². The van der Waals surface area contributed by atoms with Crippen LogP contribution in [0.25, 0.3) is 11.1 Å². The predicted molar refractivity (Wildman–Crippen MR) is 283 cm³/mol. The van der Waals surface area contributed by atoms with Crippen LogP contribution in [0.1, 0.15) is 70.2 Å². The number of thioether (sulfide) groups is 2. The van der Waals surface area contributed by atoms with E-state index >= 15 is 4.39 Å². The summed E-state index contributed by atoms with van der Waals surface area (Å²) in [4.78, 5) is 89.7. The van der Waals surface area contributed by atoms with Gasteiger partial charge in [-0.25, -0.2) is 13.6 Å². The highest BCUT2D eigenvalue weighted by atomic mass is 32.2. The number of hydrogen-bond acceptors (Lipinski definition) is 15. The van der Waals surface area contributed by atoms with Crippen molar-refractivity contribution in [3.63, 3.8) is 0 Å². The van der Waals surface area contributed by atoms with Crippen LogP contribution in [0.3, 0.4) is 0 Å². The van der Waals surface area contributed by atoms with Crippen molar-refractivity contribution in [1.82, 2.24) is 25.0 Å². The third kappa shape index (κ3) is 21.5. The number of carboxylic acid groups (broad SMARTS) is 2. The molecule has 2 heterocycles. The van der Waals surface area contributed by atoms with Crippen molar-refractivity contribution in [2.24, 2.45) is 16.9 Å². The number of halogens is 2. The Hall–Kier alpha value is -5.47. The van der Waals surface area contributed by atoms with E-state index in [1.807, 2.05) is 61.7 Å². The summed E-state index contributed by atoms with van der Waals surface area (Å²) < 4.78 is 53.4. The van der Waals surface area contributed by atoms with Crippen LogP contribution in [0, 0.1) is 17.0 Å². The molecule has 420 valence electrons. The van der Waals surface area contributed by atoms with Gasteiger partial charge in [0.1, 0.15) is 23.7 Å². The van der Waals surface area contributed by atoms with E-state index < -0.39 is 70.1 Å². The second-order valence-electron chi connectivity index (χ2n) is 18.8. The summed E-state index contributed by atoms with van der Waals surface area (Å²) in [6.45, 7) is 8.94. The molecule has 5 amide bonds. The van der Waals surface area contributed by atoms with Gasteiger partial charge in [-0.15, -0.1) is 11.8 Å². The van der Waals surface area contributed by atoms with Crippen LogP contribution in [0.5, 0.6) is 0 Å². The minimum Gasteiger partial charge on any atom is -0.480 e. The Labute approximate surface area is 450 Å². The highest BCUT2D eigenvalue weighted by Crippen LogP contribution is 2.41. The molecule has 2 unspecified atom stereocenters. The number of nitrogens with two attached hydrogens (primary N) is 2. The number of carboxylic acids is 2. The first-order valence-electron chi connectivity index (χ1n) is 25.1. The van der Waals surface area contributed by atoms with Gasteiger partial charge < -0.3 is 60.7 Å². The highest BCUT2D eigenvalue weighted by molar-refractivity contribution is 8.00. The van der Waals surface area contributed by atoms with Crippen LogP contribution in [-0.2, 0) is 59.1 Å². The Bertz CT molecular complexity index is 2360. The number of aromatic nitrogens is 1. The van der Waals surface area contributed by atoms with Gasteiger partial charge in [0.15, 0.2) is 0 Å². The number of likely N-dealkylation sites (tertiary alicyclic amines) is 1. The molecule has 1 aromatic heterocycles. The fourth-order valence-electron chi connectivity index (χ4n) is 8.04. The molecule has 0 spiro atoms. The monoisotopic (exact) mass is 1110 g/mol. The summed E-state index contributed by atoms with van der Waals surface area (Å²) in [5.74, 6) is -5.29. The van der Waals surface area contributed by atoms with Crippen molar-refractivity contribution < 1.29 is 71.5 Å². The number of ether oxygens (including phenoxy) is 4. The minimum atomic E-state index is -1.21. The zero-order chi connectivity index (χ0) is 55.6. The molecule has 3 aromatic rings. The van der Waals surface area contributed by atoms with Crippen molar-refractivity contribution >= 4 is 65.0 Å². The number of hydrogen-bond donors (Lipinski definition) is 6. The molecular formula is C52H73F2N7O13S2. The topological polar surface area (TPSA) is 284 Å². The molecule has 4 atom stereocenters. The average molecular weight is 1110 g/mol. The molecule has 20 nitrogen and oxygen atoms in total. The van der Waals surface area contributed by atoms with Crippen LogP contribution in [0.4, 0.5) is 8.78 Å². The molecule has 0 bridgehead atoms. The van der Waals surface area contributed by atoms with Crippen LogP contribution in [-0.4, -0.2) is 180 Å². The van der Waals surface area contributed by atoms with E-state index in [0.29, 0.717) is 31.6 Å². The lowest BCUT2D eigenvalue weighted by Crippen LogP contribution is -2.44. The number of amides is 5. The van der Waals surface area contributed by atoms with Gasteiger partial charge in [0.25, 0.3) is 0 Å². The van der Waals surface area contributed by atoms with E-state index in [2.05, 4.69) is 10.6 Å². The molecular weight excluding hydrogens is 1030 g/mol. The number of aliphatic carboxylic acids is 2. The van der Waals surface area contributed by atoms with E-state index in [9.17, 15) is 43.1 Å². The zero-order valence-electron chi connectivity index (χ0n) is 43.4. The Balaban J connectivity index is 1.09. The number of carbonyl (C=O) groups excluding carboxylic acids is 5. The zero-order valence-corrected chi connectivity index (χ0v) is 45.0. The molecule has 1 aliphatic heterocycles. The van der Waals surface area contributed by atoms with Gasteiger partial charge in [-0.3, -0.25) is 33.7 Å². The molecule has 8 N–H and O–H groups in total. The first kappa shape index (κ1) is 63.1. The van der Waals surface area contributed by atoms with Gasteiger partial charge in [-0.2, -0.15) is 11.8 Å². The molecule has 1 fully saturated rings. The van der Waals surface area contributed by atoms with Crippen molar-refractivity contribution in [2.75, 3.05) is 96.3 Å². The van der Waals surface area contributed by atoms with Crippen molar-refractivity contribution in [3.8, 4) is 11.1 Å². The number of nitrogens with one attached hydrogen (secondary N) is 2. The van der Waals surface area contributed by atoms with Crippen molar-refractivity contribution in [1.29, 1.82) is 0 Å². The number of carbonyl (C=O) groups is 7. The lowest BCUT2D eigenvalue weighted by molar-refractivity contribution is -0.142. The van der Waals surface area contributed by atoms with Crippen LogP contribution < -0.4 is 22.1 Å². The quantitative estimate of drug-likeness (QED) is 0.0355. The average Bonchev–Trinajstić information content (AvgIpc) is 3.90. The molecule has 2 aromatic carbocycles. The number of rotatable bonds is 37. The van der Waals surface area contributed by atoms with Gasteiger partial charge in [0.2, 0.25) is 29.5 Å². The summed E-state index contributed by atoms with van der Waals surface area (Å²) in [5.41, 5.74) is 13.1. The minimum absolute atomic E-state index is 0.0153. The fourth-order valence-corrected chi connectivity index (χ4v) is 10.0. The predicted octanol–water partition coefficient (Wildman–Crippen LogP) is 3.67. The maximum atomic E-state index is 15.2. The Morgan fingerprint density at radius 1 is 0.868 bits per heavy atom. The second-order valence-corrected chi connectivity index (χ2v) is 21.2. The molecule has 0 saturated carbocycles. The largest absolute Gasteiger partial charge is 0.480 e. The van der Waals surface area contributed by atoms with E-state index in [4.69, 9.17) is 35.5 Å². The van der Waals surface area contributed by atoms with Gasteiger partial charge >= 0.3 is 11.9 Å². The smallest absolute Gasteiger partial charge is 0.326 e. The Morgan fingerprint density at radius 2 is 1.53 bits per heavy atom. The third-order valence-electron chi connectivity index (χ3n) is 11.8. The summed E-state index contributed by atoms with van der Waals surface area (Å²) in [5, 5.41) is 23.3. The van der Waals surface area contributed by atoms with E-state index in [1.54, 1.807) is 11.1 Å². The van der Waals surface area contributed by atoms with E-state index in [-0.39, 0.29) is 126 Å². The van der Waals surface area contributed by atoms with Gasteiger partial charge in [-0.1, -0.05) is 51.1 Å². The number of imide groups is 1. The molecule has 0 radical (unpaired) electrons. The van der Waals surface area contributed by atoms with Gasteiger partial charge in [0, 0.05) is 74.2 Å². The first-order valence-corrected chi connectivity index (χ1v) is 27.3. The molecule has 24 heteroatoms. The van der Waals surface area contributed by atoms with Gasteiger partial charge in [-0.05, 0) is 60.4 Å². The number of nitrogens with zero attached hydrogens (tertiary/aromatic N) is 3. The first-order chi connectivity index (χ1) is 36.3. The van der Waals surface area contributed by atoms with Crippen molar-refractivity contribution in [2.45, 2.75) is 82.8 Å². The van der Waals surface area contributed by atoms with E-state index in [1.165, 1.54) is 11.8 Å². The number of benzene rings is 2. The third-order valence-corrected chi connectivity index (χ3v) is 14.1. The molecule has 1 saturated heterocycles. The standard InChI is InChI=1S/C52H73F2N7O13S2/c1-52(2,3)48(42-28-36(38-29-37(53)10-11-39(38)54)32-59(42)31-35-8-5-4-6-9-35)60(17-7-15-55)47(65)34-75-27-14-41(51(69)70)58-45(63)13-19-71-21-23-73-25-26-74-24-22-72-20-16-57-44(62)12-18-61-46(64)30-43(49(61)66)76-33-40(56)50(67)68/h4-6,8-11,28-29,32,40-41,43,48H,7,12-27,30-31,33-34,55-56H2,1-3H3,(H,57,62)(H,58,63)(H,67,68)(H,69,70)/t40-,41?,43?,48-/m0/s1. The summed E-state index contributed by atoms with van der Waals surface area (Å²) in [7, 11) is 0. The Morgan fingerprint density at radius 3 is 2.16 bits per heavy atom. The SMILES string of the molecule is CC(C)(C)[C@H](c1cc(-c2cc(F)ccc2F)cn1Cc1ccccc1)N(CCCN)C(=O)CSCCC(NC(=O)CCOCCOCCOCCOCCNC(=O)CCN1C(=O)CC(SC[C@H](N)C(=O)O)C1=O)C(=O)O. The second kappa shape index (κ2) is 33.0. The highest BCUT2D eigenvalue weighted by Gasteiger charge is 2.40.